The molecule has 0 bridgehead atoms. The maximum absolute atomic E-state index is 12.0. The van der Waals surface area contributed by atoms with E-state index in [1.807, 2.05) is 0 Å². The fourth-order valence-corrected chi connectivity index (χ4v) is 2.72. The zero-order valence-corrected chi connectivity index (χ0v) is 10.7. The summed E-state index contributed by atoms with van der Waals surface area (Å²) in [6.07, 6.45) is 7.65. The monoisotopic (exact) mass is 230 g/mol. The van der Waals surface area contributed by atoms with Crippen molar-refractivity contribution in [2.75, 3.05) is 0 Å². The van der Waals surface area contributed by atoms with Gasteiger partial charge in [-0.3, -0.25) is 4.79 Å². The summed E-state index contributed by atoms with van der Waals surface area (Å²) in [4.78, 5) is 12.0. The van der Waals surface area contributed by atoms with Crippen LogP contribution in [0, 0.1) is 0 Å². The highest BCUT2D eigenvalue weighted by Gasteiger charge is 2.21. The normalized spacial score (nSPS) is 21.2. The first-order chi connectivity index (χ1) is 8.31. The lowest BCUT2D eigenvalue weighted by molar-refractivity contribution is -0.120. The van der Waals surface area contributed by atoms with Crippen LogP contribution in [0.15, 0.2) is 24.3 Å². The van der Waals surface area contributed by atoms with Crippen LogP contribution in [0.3, 0.4) is 0 Å². The molecule has 1 unspecified atom stereocenters. The summed E-state index contributed by atoms with van der Waals surface area (Å²) in [5.41, 5.74) is 2.62. The second-order valence-electron chi connectivity index (χ2n) is 5.11. The highest BCUT2D eigenvalue weighted by atomic mass is 16.1. The molecule has 1 nitrogen and oxygen atoms in total. The summed E-state index contributed by atoms with van der Waals surface area (Å²) in [6, 6.07) is 8.71. The lowest BCUT2D eigenvalue weighted by Crippen LogP contribution is -2.10. The minimum atomic E-state index is 0.174. The maximum Gasteiger partial charge on any atom is 0.140 e. The third-order valence-corrected chi connectivity index (χ3v) is 3.73. The third-order valence-electron chi connectivity index (χ3n) is 3.73. The molecule has 92 valence electrons. The third kappa shape index (κ3) is 3.18. The van der Waals surface area contributed by atoms with Gasteiger partial charge in [-0.25, -0.2) is 0 Å². The van der Waals surface area contributed by atoms with Crippen molar-refractivity contribution in [1.82, 2.24) is 0 Å². The number of carbonyl (C=O) groups excluding carboxylic acids is 1. The quantitative estimate of drug-likeness (QED) is 0.709. The van der Waals surface area contributed by atoms with Crippen molar-refractivity contribution in [3.05, 3.63) is 35.4 Å². The first-order valence-corrected chi connectivity index (χ1v) is 6.93. The van der Waals surface area contributed by atoms with Gasteiger partial charge in [0.25, 0.3) is 0 Å². The fraction of sp³-hybridized carbons (Fsp3) is 0.562. The van der Waals surface area contributed by atoms with Crippen molar-refractivity contribution in [2.24, 2.45) is 0 Å². The summed E-state index contributed by atoms with van der Waals surface area (Å²) in [6.45, 7) is 2.20. The number of hydrogen-bond donors (Lipinski definition) is 0. The molecular formula is C16H22O. The molecule has 1 fully saturated rings. The van der Waals surface area contributed by atoms with E-state index in [2.05, 4.69) is 31.2 Å². The summed E-state index contributed by atoms with van der Waals surface area (Å²) in [7, 11) is 0. The summed E-state index contributed by atoms with van der Waals surface area (Å²) < 4.78 is 0. The number of hydrogen-bond acceptors (Lipinski definition) is 1. The van der Waals surface area contributed by atoms with Gasteiger partial charge in [0.1, 0.15) is 5.78 Å². The Hall–Kier alpha value is -1.11. The average Bonchev–Trinajstić information content (AvgIpc) is 2.56. The van der Waals surface area contributed by atoms with Gasteiger partial charge < -0.3 is 0 Å². The van der Waals surface area contributed by atoms with Gasteiger partial charge in [-0.15, -0.1) is 0 Å². The van der Waals surface area contributed by atoms with Crippen LogP contribution in [0.1, 0.15) is 62.5 Å². The summed E-state index contributed by atoms with van der Waals surface area (Å²) in [5, 5.41) is 0. The second-order valence-corrected chi connectivity index (χ2v) is 5.11. The molecule has 17 heavy (non-hydrogen) atoms. The number of carbonyl (C=O) groups is 1. The van der Waals surface area contributed by atoms with Crippen LogP contribution in [0.25, 0.3) is 0 Å². The summed E-state index contributed by atoms with van der Waals surface area (Å²) >= 11 is 0. The first kappa shape index (κ1) is 12.3. The van der Waals surface area contributed by atoms with Crippen molar-refractivity contribution in [3.63, 3.8) is 0 Å². The largest absolute Gasteiger partial charge is 0.299 e. The van der Waals surface area contributed by atoms with E-state index in [1.165, 1.54) is 30.4 Å². The first-order valence-electron chi connectivity index (χ1n) is 6.93. The number of rotatable bonds is 3. The van der Waals surface area contributed by atoms with Crippen LogP contribution >= 0.6 is 0 Å². The minimum Gasteiger partial charge on any atom is -0.299 e. The van der Waals surface area contributed by atoms with Crippen molar-refractivity contribution in [3.8, 4) is 0 Å². The molecule has 1 aliphatic carbocycles. The van der Waals surface area contributed by atoms with E-state index in [-0.39, 0.29) is 5.92 Å². The van der Waals surface area contributed by atoms with Crippen LogP contribution in [-0.4, -0.2) is 5.78 Å². The van der Waals surface area contributed by atoms with Gasteiger partial charge in [0.2, 0.25) is 0 Å². The standard InChI is InChI=1S/C16H22O/c1-2-6-13-9-11-14(12-10-13)15-7-4-3-5-8-16(15)17/h9-12,15H,2-8H2,1H3. The van der Waals surface area contributed by atoms with E-state index >= 15 is 0 Å². The Bertz CT molecular complexity index is 364. The van der Waals surface area contributed by atoms with Gasteiger partial charge in [-0.1, -0.05) is 50.5 Å². The molecule has 1 aromatic carbocycles. The Kier molecular flexibility index (Phi) is 4.36. The molecule has 2 rings (SSSR count). The van der Waals surface area contributed by atoms with E-state index in [0.717, 1.165) is 25.7 Å². The molecule has 0 saturated heterocycles. The number of benzene rings is 1. The van der Waals surface area contributed by atoms with Crippen LogP contribution in [0.4, 0.5) is 0 Å². The van der Waals surface area contributed by atoms with Crippen molar-refractivity contribution in [1.29, 1.82) is 0 Å². The highest BCUT2D eigenvalue weighted by Crippen LogP contribution is 2.29. The predicted octanol–water partition coefficient (Wildman–Crippen LogP) is 4.26. The maximum atomic E-state index is 12.0. The van der Waals surface area contributed by atoms with Crippen LogP contribution in [0.2, 0.25) is 0 Å². The number of ketones is 1. The molecule has 0 N–H and O–H groups in total. The molecule has 1 saturated carbocycles. The molecule has 1 heteroatoms. The molecule has 1 atom stereocenters. The van der Waals surface area contributed by atoms with E-state index < -0.39 is 0 Å². The van der Waals surface area contributed by atoms with Crippen molar-refractivity contribution < 1.29 is 4.79 Å². The molecule has 0 amide bonds. The Morgan fingerprint density at radius 2 is 1.88 bits per heavy atom. The molecule has 0 radical (unpaired) electrons. The number of Topliss-reactive ketones (excluding diaryl/α,β-unsaturated/α-hetero) is 1. The summed E-state index contributed by atoms with van der Waals surface area (Å²) in [5.74, 6) is 0.624. The van der Waals surface area contributed by atoms with Gasteiger partial charge in [0, 0.05) is 12.3 Å². The average molecular weight is 230 g/mol. The Morgan fingerprint density at radius 3 is 2.59 bits per heavy atom. The molecule has 1 aliphatic rings. The van der Waals surface area contributed by atoms with Crippen molar-refractivity contribution in [2.45, 2.75) is 57.8 Å². The Balaban J connectivity index is 2.12. The molecular weight excluding hydrogens is 208 g/mol. The predicted molar refractivity (Wildman–Crippen MR) is 71.3 cm³/mol. The van der Waals surface area contributed by atoms with E-state index in [0.29, 0.717) is 5.78 Å². The zero-order valence-electron chi connectivity index (χ0n) is 10.7. The molecule has 0 aromatic heterocycles. The highest BCUT2D eigenvalue weighted by molar-refractivity contribution is 5.85. The molecule has 0 aliphatic heterocycles. The van der Waals surface area contributed by atoms with Gasteiger partial charge in [-0.2, -0.15) is 0 Å². The Labute approximate surface area is 104 Å². The molecule has 0 heterocycles. The van der Waals surface area contributed by atoms with E-state index in [9.17, 15) is 4.79 Å². The van der Waals surface area contributed by atoms with Gasteiger partial charge in [0.15, 0.2) is 0 Å². The van der Waals surface area contributed by atoms with E-state index in [4.69, 9.17) is 0 Å². The van der Waals surface area contributed by atoms with Gasteiger partial charge >= 0.3 is 0 Å². The van der Waals surface area contributed by atoms with Crippen molar-refractivity contribution >= 4 is 5.78 Å². The number of aryl methyl sites for hydroxylation is 1. The minimum absolute atomic E-state index is 0.174. The SMILES string of the molecule is CCCc1ccc(C2CCCCCC2=O)cc1. The fourth-order valence-electron chi connectivity index (χ4n) is 2.72. The smallest absolute Gasteiger partial charge is 0.140 e. The zero-order chi connectivity index (χ0) is 12.1. The van der Waals surface area contributed by atoms with Crippen LogP contribution < -0.4 is 0 Å². The van der Waals surface area contributed by atoms with E-state index in [1.54, 1.807) is 0 Å². The lowest BCUT2D eigenvalue weighted by Gasteiger charge is -2.13. The van der Waals surface area contributed by atoms with Crippen LogP contribution in [0.5, 0.6) is 0 Å². The molecule has 0 spiro atoms. The Morgan fingerprint density at radius 1 is 1.12 bits per heavy atom. The van der Waals surface area contributed by atoms with Gasteiger partial charge in [-0.05, 0) is 30.4 Å². The topological polar surface area (TPSA) is 17.1 Å². The lowest BCUT2D eigenvalue weighted by atomic mass is 9.90. The molecule has 1 aromatic rings. The van der Waals surface area contributed by atoms with Gasteiger partial charge in [0.05, 0.1) is 0 Å². The second kappa shape index (κ2) is 6.00. The van der Waals surface area contributed by atoms with Crippen LogP contribution in [-0.2, 0) is 11.2 Å².